The first-order chi connectivity index (χ1) is 12.4. The average Bonchev–Trinajstić information content (AvgIpc) is 2.96. The minimum atomic E-state index is -0.120. The van der Waals surface area contributed by atoms with Gasteiger partial charge in [-0.15, -0.1) is 10.2 Å². The zero-order valence-corrected chi connectivity index (χ0v) is 16.4. The summed E-state index contributed by atoms with van der Waals surface area (Å²) in [5.74, 6) is 0.900. The van der Waals surface area contributed by atoms with Crippen LogP contribution in [0.3, 0.4) is 0 Å². The Labute approximate surface area is 161 Å². The molecule has 1 amide bonds. The normalized spacial score (nSPS) is 10.8. The molecule has 7 heteroatoms. The second-order valence-electron chi connectivity index (χ2n) is 6.00. The predicted molar refractivity (Wildman–Crippen MR) is 106 cm³/mol. The number of carbonyl (C=O) groups excluding carboxylic acids is 1. The number of hydrogen-bond donors (Lipinski definition) is 1. The third-order valence-electron chi connectivity index (χ3n) is 3.84. The smallest absolute Gasteiger partial charge is 0.234 e. The molecule has 0 aliphatic carbocycles. The maximum absolute atomic E-state index is 12.2. The van der Waals surface area contributed by atoms with Gasteiger partial charge >= 0.3 is 0 Å². The van der Waals surface area contributed by atoms with Gasteiger partial charge in [-0.05, 0) is 56.2 Å². The van der Waals surface area contributed by atoms with E-state index in [1.807, 2.05) is 18.4 Å². The zero-order valence-electron chi connectivity index (χ0n) is 14.8. The Hall–Kier alpha value is -2.31. The van der Waals surface area contributed by atoms with Crippen LogP contribution in [0.1, 0.15) is 17.0 Å². The number of aryl methyl sites for hydroxylation is 3. The SMILES string of the molecule is Cc1ccc(C)c(-n2c(C)nnc2SCC(=O)Nc2cccc(Cl)c2)c1. The summed E-state index contributed by atoms with van der Waals surface area (Å²) >= 11 is 7.30. The molecule has 0 saturated carbocycles. The van der Waals surface area contributed by atoms with Gasteiger partial charge in [0.05, 0.1) is 11.4 Å². The Bertz CT molecular complexity index is 954. The quantitative estimate of drug-likeness (QED) is 0.652. The fraction of sp³-hybridized carbons (Fsp3) is 0.211. The first-order valence-corrected chi connectivity index (χ1v) is 9.48. The van der Waals surface area contributed by atoms with Crippen molar-refractivity contribution >= 4 is 35.0 Å². The van der Waals surface area contributed by atoms with Gasteiger partial charge in [-0.25, -0.2) is 0 Å². The van der Waals surface area contributed by atoms with Crippen LogP contribution in [-0.2, 0) is 4.79 Å². The highest BCUT2D eigenvalue weighted by Gasteiger charge is 2.15. The fourth-order valence-electron chi connectivity index (χ4n) is 2.57. The molecular formula is C19H19ClN4OS. The average molecular weight is 387 g/mol. The van der Waals surface area contributed by atoms with Gasteiger partial charge in [0.1, 0.15) is 5.82 Å². The second kappa shape index (κ2) is 7.93. The third kappa shape index (κ3) is 4.26. The number of benzene rings is 2. The van der Waals surface area contributed by atoms with Crippen molar-refractivity contribution in [3.05, 3.63) is 64.4 Å². The Morgan fingerprint density at radius 1 is 1.15 bits per heavy atom. The van der Waals surface area contributed by atoms with Crippen molar-refractivity contribution in [2.45, 2.75) is 25.9 Å². The Balaban J connectivity index is 1.75. The summed E-state index contributed by atoms with van der Waals surface area (Å²) in [7, 11) is 0. The highest BCUT2D eigenvalue weighted by Crippen LogP contribution is 2.25. The van der Waals surface area contributed by atoms with E-state index in [-0.39, 0.29) is 11.7 Å². The number of hydrogen-bond acceptors (Lipinski definition) is 4. The van der Waals surface area contributed by atoms with Crippen molar-refractivity contribution in [2.75, 3.05) is 11.1 Å². The van der Waals surface area contributed by atoms with Crippen LogP contribution >= 0.6 is 23.4 Å². The molecular weight excluding hydrogens is 368 g/mol. The summed E-state index contributed by atoms with van der Waals surface area (Å²) in [4.78, 5) is 12.2. The minimum absolute atomic E-state index is 0.120. The highest BCUT2D eigenvalue weighted by atomic mass is 35.5. The van der Waals surface area contributed by atoms with Crippen molar-refractivity contribution in [3.8, 4) is 5.69 Å². The molecule has 0 atom stereocenters. The molecule has 0 bridgehead atoms. The van der Waals surface area contributed by atoms with Crippen molar-refractivity contribution in [3.63, 3.8) is 0 Å². The van der Waals surface area contributed by atoms with Crippen molar-refractivity contribution < 1.29 is 4.79 Å². The number of halogens is 1. The first kappa shape index (κ1) is 18.5. The van der Waals surface area contributed by atoms with Crippen molar-refractivity contribution in [1.82, 2.24) is 14.8 Å². The number of aromatic nitrogens is 3. The molecule has 0 unspecified atom stereocenters. The minimum Gasteiger partial charge on any atom is -0.325 e. The summed E-state index contributed by atoms with van der Waals surface area (Å²) in [5.41, 5.74) is 4.00. The van der Waals surface area contributed by atoms with Crippen LogP contribution in [0, 0.1) is 20.8 Å². The molecule has 0 fully saturated rings. The second-order valence-corrected chi connectivity index (χ2v) is 7.38. The van der Waals surface area contributed by atoms with E-state index >= 15 is 0 Å². The lowest BCUT2D eigenvalue weighted by Crippen LogP contribution is -2.14. The molecule has 1 aromatic heterocycles. The van der Waals surface area contributed by atoms with Gasteiger partial charge in [-0.2, -0.15) is 0 Å². The molecule has 3 rings (SSSR count). The van der Waals surface area contributed by atoms with Gasteiger partial charge < -0.3 is 5.32 Å². The van der Waals surface area contributed by atoms with E-state index in [0.717, 1.165) is 22.6 Å². The molecule has 0 spiro atoms. The van der Waals surface area contributed by atoms with E-state index in [9.17, 15) is 4.79 Å². The van der Waals surface area contributed by atoms with E-state index in [0.29, 0.717) is 15.9 Å². The lowest BCUT2D eigenvalue weighted by atomic mass is 10.1. The summed E-state index contributed by atoms with van der Waals surface area (Å²) in [6, 6.07) is 13.3. The summed E-state index contributed by atoms with van der Waals surface area (Å²) in [6.45, 7) is 6.01. The topological polar surface area (TPSA) is 59.8 Å². The standard InChI is InChI=1S/C19H19ClN4OS/c1-12-7-8-13(2)17(9-12)24-14(3)22-23-19(24)26-11-18(25)21-16-6-4-5-15(20)10-16/h4-10H,11H2,1-3H3,(H,21,25). The van der Waals surface area contributed by atoms with Crippen LogP contribution < -0.4 is 5.32 Å². The zero-order chi connectivity index (χ0) is 18.7. The van der Waals surface area contributed by atoms with Gasteiger partial charge in [-0.1, -0.05) is 41.6 Å². The van der Waals surface area contributed by atoms with Gasteiger partial charge in [0.25, 0.3) is 0 Å². The largest absolute Gasteiger partial charge is 0.325 e. The monoisotopic (exact) mass is 386 g/mol. The number of carbonyl (C=O) groups is 1. The molecule has 3 aromatic rings. The highest BCUT2D eigenvalue weighted by molar-refractivity contribution is 7.99. The molecule has 0 aliphatic rings. The fourth-order valence-corrected chi connectivity index (χ4v) is 3.55. The maximum atomic E-state index is 12.2. The molecule has 0 saturated heterocycles. The van der Waals surface area contributed by atoms with Gasteiger partial charge in [-0.3, -0.25) is 9.36 Å². The molecule has 2 aromatic carbocycles. The van der Waals surface area contributed by atoms with E-state index in [2.05, 4.69) is 40.6 Å². The number of amides is 1. The number of nitrogens with zero attached hydrogens (tertiary/aromatic N) is 3. The van der Waals surface area contributed by atoms with Crippen LogP contribution in [0.4, 0.5) is 5.69 Å². The number of thioether (sulfide) groups is 1. The molecule has 0 radical (unpaired) electrons. The molecule has 0 aliphatic heterocycles. The van der Waals surface area contributed by atoms with Crippen LogP contribution in [0.15, 0.2) is 47.6 Å². The Morgan fingerprint density at radius 3 is 2.73 bits per heavy atom. The van der Waals surface area contributed by atoms with E-state index in [4.69, 9.17) is 11.6 Å². The molecule has 5 nitrogen and oxygen atoms in total. The first-order valence-electron chi connectivity index (χ1n) is 8.12. The molecule has 1 N–H and O–H groups in total. The lowest BCUT2D eigenvalue weighted by molar-refractivity contribution is -0.113. The number of nitrogens with one attached hydrogen (secondary N) is 1. The van der Waals surface area contributed by atoms with Crippen LogP contribution in [0.25, 0.3) is 5.69 Å². The van der Waals surface area contributed by atoms with Crippen LogP contribution in [0.2, 0.25) is 5.02 Å². The van der Waals surface area contributed by atoms with Gasteiger partial charge in [0, 0.05) is 10.7 Å². The predicted octanol–water partition coefficient (Wildman–Crippen LogP) is 4.58. The number of rotatable bonds is 5. The van der Waals surface area contributed by atoms with Crippen LogP contribution in [0.5, 0.6) is 0 Å². The van der Waals surface area contributed by atoms with Crippen molar-refractivity contribution in [1.29, 1.82) is 0 Å². The third-order valence-corrected chi connectivity index (χ3v) is 5.01. The summed E-state index contributed by atoms with van der Waals surface area (Å²) in [5, 5.41) is 12.5. The van der Waals surface area contributed by atoms with E-state index in [1.54, 1.807) is 24.3 Å². The molecule has 134 valence electrons. The van der Waals surface area contributed by atoms with Gasteiger partial charge in [0.15, 0.2) is 5.16 Å². The number of anilines is 1. The molecule has 26 heavy (non-hydrogen) atoms. The van der Waals surface area contributed by atoms with E-state index in [1.165, 1.54) is 11.8 Å². The Morgan fingerprint density at radius 2 is 1.96 bits per heavy atom. The van der Waals surface area contributed by atoms with Crippen molar-refractivity contribution in [2.24, 2.45) is 0 Å². The maximum Gasteiger partial charge on any atom is 0.234 e. The molecule has 1 heterocycles. The van der Waals surface area contributed by atoms with Gasteiger partial charge in [0.2, 0.25) is 5.91 Å². The summed E-state index contributed by atoms with van der Waals surface area (Å²) in [6.07, 6.45) is 0. The summed E-state index contributed by atoms with van der Waals surface area (Å²) < 4.78 is 1.99. The van der Waals surface area contributed by atoms with E-state index < -0.39 is 0 Å². The Kier molecular flexibility index (Phi) is 5.64. The lowest BCUT2D eigenvalue weighted by Gasteiger charge is -2.12. The van der Waals surface area contributed by atoms with Crippen LogP contribution in [-0.4, -0.2) is 26.4 Å².